The first-order valence-electron chi connectivity index (χ1n) is 9.73. The lowest BCUT2D eigenvalue weighted by Crippen LogP contribution is -2.38. The molecular weight excluding hydrogens is 388 g/mol. The summed E-state index contributed by atoms with van der Waals surface area (Å²) in [5, 5.41) is 8.65. The van der Waals surface area contributed by atoms with Crippen LogP contribution >= 0.6 is 0 Å². The van der Waals surface area contributed by atoms with E-state index in [1.165, 1.54) is 24.4 Å². The largest absolute Gasteiger partial charge is 0.363 e. The highest BCUT2D eigenvalue weighted by Gasteiger charge is 2.65. The predicted octanol–water partition coefficient (Wildman–Crippen LogP) is 3.51. The molecule has 5 rings (SSSR count). The summed E-state index contributed by atoms with van der Waals surface area (Å²) >= 11 is 0. The number of hydrogen-bond acceptors (Lipinski definition) is 5. The fourth-order valence-electron chi connectivity index (χ4n) is 5.47. The van der Waals surface area contributed by atoms with Gasteiger partial charge in [-0.05, 0) is 54.0 Å². The van der Waals surface area contributed by atoms with Gasteiger partial charge in [0.25, 0.3) is 5.91 Å². The zero-order valence-corrected chi connectivity index (χ0v) is 16.5. The minimum atomic E-state index is -0.699. The molecule has 0 unspecified atom stereocenters. The molecule has 1 saturated carbocycles. The van der Waals surface area contributed by atoms with Crippen LogP contribution in [-0.4, -0.2) is 26.1 Å². The van der Waals surface area contributed by atoms with Crippen molar-refractivity contribution in [3.63, 3.8) is 0 Å². The Hall–Kier alpha value is -3.29. The van der Waals surface area contributed by atoms with Crippen molar-refractivity contribution in [1.82, 2.24) is 20.2 Å². The van der Waals surface area contributed by atoms with Gasteiger partial charge in [0, 0.05) is 6.20 Å². The molecule has 2 heterocycles. The van der Waals surface area contributed by atoms with Gasteiger partial charge < -0.3 is 5.73 Å². The summed E-state index contributed by atoms with van der Waals surface area (Å²) in [5.74, 6) is -1.99. The molecule has 2 N–H and O–H groups in total. The number of rotatable bonds is 3. The third kappa shape index (κ3) is 2.24. The highest BCUT2D eigenvalue weighted by Crippen LogP contribution is 2.69. The maximum Gasteiger partial charge on any atom is 0.286 e. The van der Waals surface area contributed by atoms with E-state index in [0.29, 0.717) is 5.69 Å². The van der Waals surface area contributed by atoms with Gasteiger partial charge in [0.1, 0.15) is 11.6 Å². The Morgan fingerprint density at radius 3 is 2.60 bits per heavy atom. The van der Waals surface area contributed by atoms with E-state index in [9.17, 15) is 13.6 Å². The lowest BCUT2D eigenvalue weighted by molar-refractivity contribution is 0.0989. The fourth-order valence-corrected chi connectivity index (χ4v) is 5.47. The van der Waals surface area contributed by atoms with Crippen molar-refractivity contribution in [3.05, 3.63) is 70.9 Å². The van der Waals surface area contributed by atoms with E-state index in [0.717, 1.165) is 24.1 Å². The smallest absolute Gasteiger partial charge is 0.286 e. The zero-order valence-electron chi connectivity index (χ0n) is 16.5. The molecule has 0 spiro atoms. The van der Waals surface area contributed by atoms with E-state index in [-0.39, 0.29) is 28.4 Å². The van der Waals surface area contributed by atoms with Crippen LogP contribution in [0.15, 0.2) is 36.5 Å². The Balaban J connectivity index is 1.72. The molecule has 152 valence electrons. The van der Waals surface area contributed by atoms with Gasteiger partial charge in [0.2, 0.25) is 5.82 Å². The standard InChI is InChI=1S/C22H19F2N5O/c1-21(2)12-6-8-22(21,16-7-9-26-20(27-16)19(25)30)18-11(12)10-15(28-29-18)17-13(23)4-3-5-14(17)24/h3-5,7,9-10,12H,6,8H2,1-2H3,(H2,25,30)/t12-,22+/m0/s1. The number of carbonyl (C=O) groups is 1. The molecule has 3 aromatic rings. The highest BCUT2D eigenvalue weighted by atomic mass is 19.1. The van der Waals surface area contributed by atoms with E-state index in [1.807, 2.05) is 0 Å². The van der Waals surface area contributed by atoms with Crippen molar-refractivity contribution >= 4 is 5.91 Å². The second-order valence-electron chi connectivity index (χ2n) is 8.48. The normalized spacial score (nSPS) is 23.4. The first-order valence-corrected chi connectivity index (χ1v) is 9.73. The van der Waals surface area contributed by atoms with E-state index in [1.54, 1.807) is 12.1 Å². The molecule has 1 amide bonds. The summed E-state index contributed by atoms with van der Waals surface area (Å²) in [6, 6.07) is 7.25. The number of benzene rings is 1. The average Bonchev–Trinajstić information content (AvgIpc) is 3.09. The third-order valence-electron chi connectivity index (χ3n) is 6.91. The fraction of sp³-hybridized carbons (Fsp3) is 0.318. The molecule has 2 bridgehead atoms. The Morgan fingerprint density at radius 1 is 1.17 bits per heavy atom. The molecule has 8 heteroatoms. The number of fused-ring (bicyclic) bond motifs is 5. The van der Waals surface area contributed by atoms with Crippen molar-refractivity contribution in [2.24, 2.45) is 11.1 Å². The highest BCUT2D eigenvalue weighted by molar-refractivity contribution is 5.88. The molecule has 2 aliphatic carbocycles. The SMILES string of the molecule is CC1(C)[C@H]2CC[C@@]1(c1ccnc(C(N)=O)n1)c1nnc(-c3c(F)cccc3F)cc12. The van der Waals surface area contributed by atoms with Crippen LogP contribution in [0.3, 0.4) is 0 Å². The first kappa shape index (κ1) is 18.7. The van der Waals surface area contributed by atoms with Gasteiger partial charge in [-0.2, -0.15) is 5.10 Å². The van der Waals surface area contributed by atoms with Gasteiger partial charge in [0.05, 0.1) is 28.1 Å². The average molecular weight is 407 g/mol. The van der Waals surface area contributed by atoms with Crippen LogP contribution in [0.5, 0.6) is 0 Å². The number of hydrogen-bond donors (Lipinski definition) is 1. The maximum atomic E-state index is 14.3. The molecule has 30 heavy (non-hydrogen) atoms. The van der Waals surface area contributed by atoms with E-state index in [4.69, 9.17) is 5.73 Å². The van der Waals surface area contributed by atoms with Gasteiger partial charge in [-0.1, -0.05) is 19.9 Å². The predicted molar refractivity (Wildman–Crippen MR) is 104 cm³/mol. The summed E-state index contributed by atoms with van der Waals surface area (Å²) in [7, 11) is 0. The molecule has 0 saturated heterocycles. The topological polar surface area (TPSA) is 94.7 Å². The second kappa shape index (κ2) is 6.10. The number of aromatic nitrogens is 4. The Kier molecular flexibility index (Phi) is 3.81. The number of halogens is 2. The summed E-state index contributed by atoms with van der Waals surface area (Å²) in [6.07, 6.45) is 3.16. The van der Waals surface area contributed by atoms with Crippen molar-refractivity contribution in [2.75, 3.05) is 0 Å². The summed E-state index contributed by atoms with van der Waals surface area (Å²) in [6.45, 7) is 4.25. The lowest BCUT2D eigenvalue weighted by Gasteiger charge is -2.37. The Bertz CT molecular complexity index is 1190. The van der Waals surface area contributed by atoms with Crippen LogP contribution in [0.25, 0.3) is 11.3 Å². The van der Waals surface area contributed by atoms with E-state index in [2.05, 4.69) is 34.0 Å². The van der Waals surface area contributed by atoms with Gasteiger partial charge in [0.15, 0.2) is 0 Å². The van der Waals surface area contributed by atoms with Gasteiger partial charge in [-0.3, -0.25) is 4.79 Å². The minimum Gasteiger partial charge on any atom is -0.363 e. The van der Waals surface area contributed by atoms with Gasteiger partial charge in [-0.25, -0.2) is 18.7 Å². The number of primary amides is 1. The van der Waals surface area contributed by atoms with Gasteiger partial charge >= 0.3 is 0 Å². The van der Waals surface area contributed by atoms with Crippen LogP contribution < -0.4 is 5.73 Å². The third-order valence-corrected chi connectivity index (χ3v) is 6.91. The van der Waals surface area contributed by atoms with Crippen molar-refractivity contribution in [1.29, 1.82) is 0 Å². The monoisotopic (exact) mass is 407 g/mol. The second-order valence-corrected chi connectivity index (χ2v) is 8.48. The van der Waals surface area contributed by atoms with Crippen LogP contribution in [0.1, 0.15) is 60.2 Å². The van der Waals surface area contributed by atoms with Crippen molar-refractivity contribution < 1.29 is 13.6 Å². The van der Waals surface area contributed by atoms with Crippen LogP contribution in [-0.2, 0) is 5.41 Å². The zero-order chi connectivity index (χ0) is 21.3. The maximum absolute atomic E-state index is 14.3. The van der Waals surface area contributed by atoms with Gasteiger partial charge in [-0.15, -0.1) is 5.10 Å². The summed E-state index contributed by atoms with van der Waals surface area (Å²) in [5.41, 5.74) is 6.82. The van der Waals surface area contributed by atoms with E-state index < -0.39 is 23.0 Å². The van der Waals surface area contributed by atoms with Crippen LogP contribution in [0.4, 0.5) is 8.78 Å². The van der Waals surface area contributed by atoms with Crippen molar-refractivity contribution in [3.8, 4) is 11.3 Å². The summed E-state index contributed by atoms with van der Waals surface area (Å²) < 4.78 is 28.6. The number of nitrogens with two attached hydrogens (primary N) is 1. The Morgan fingerprint density at radius 2 is 1.90 bits per heavy atom. The number of carbonyl (C=O) groups excluding carboxylic acids is 1. The molecule has 2 aliphatic rings. The number of nitrogens with zero attached hydrogens (tertiary/aromatic N) is 4. The van der Waals surface area contributed by atoms with Crippen LogP contribution in [0.2, 0.25) is 0 Å². The molecule has 0 aliphatic heterocycles. The van der Waals surface area contributed by atoms with Crippen LogP contribution in [0, 0.1) is 17.0 Å². The summed E-state index contributed by atoms with van der Waals surface area (Å²) in [4.78, 5) is 20.1. The van der Waals surface area contributed by atoms with E-state index >= 15 is 0 Å². The quantitative estimate of drug-likeness (QED) is 0.717. The lowest BCUT2D eigenvalue weighted by atomic mass is 9.66. The molecule has 6 nitrogen and oxygen atoms in total. The Labute approximate surface area is 171 Å². The molecular formula is C22H19F2N5O. The molecule has 0 radical (unpaired) electrons. The first-order chi connectivity index (χ1) is 14.3. The number of amides is 1. The molecule has 2 atom stereocenters. The molecule has 1 fully saturated rings. The molecule has 1 aromatic carbocycles. The van der Waals surface area contributed by atoms with Crippen molar-refractivity contribution in [2.45, 2.75) is 38.0 Å². The minimum absolute atomic E-state index is 0.0485. The molecule has 2 aromatic heterocycles.